The van der Waals surface area contributed by atoms with E-state index in [1.807, 2.05) is 49.4 Å². The van der Waals surface area contributed by atoms with Crippen LogP contribution in [0.2, 0.25) is 0 Å². The molecule has 0 heterocycles. The van der Waals surface area contributed by atoms with E-state index in [1.54, 1.807) is 18.2 Å². The molecule has 0 fully saturated rings. The van der Waals surface area contributed by atoms with E-state index in [0.717, 1.165) is 19.2 Å². The summed E-state index contributed by atoms with van der Waals surface area (Å²) in [7, 11) is -3.87. The van der Waals surface area contributed by atoms with E-state index in [4.69, 9.17) is 0 Å². The summed E-state index contributed by atoms with van der Waals surface area (Å²) in [6, 6.07) is 20.3. The minimum Gasteiger partial charge on any atom is -0.325 e. The second kappa shape index (κ2) is 10.0. The number of sulfonamides is 1. The van der Waals surface area contributed by atoms with Crippen LogP contribution in [-0.4, -0.2) is 20.4 Å². The zero-order chi connectivity index (χ0) is 21.7. The number of amides is 1. The smallest absolute Gasteiger partial charge is 0.242 e. The number of hydrogen-bond acceptors (Lipinski definition) is 3. The Balaban J connectivity index is 1.86. The van der Waals surface area contributed by atoms with Gasteiger partial charge in [0.2, 0.25) is 15.9 Å². The zero-order valence-corrected chi connectivity index (χ0v) is 20.7. The number of halogens is 2. The normalized spacial score (nSPS) is 12.4. The highest BCUT2D eigenvalue weighted by molar-refractivity contribution is 14.1. The Morgan fingerprint density at radius 3 is 2.33 bits per heavy atom. The summed E-state index contributed by atoms with van der Waals surface area (Å²) in [5.74, 6) is -0.422. The highest BCUT2D eigenvalue weighted by atomic mass is 127. The number of carbonyl (C=O) groups excluding carboxylic acids is 1. The highest BCUT2D eigenvalue weighted by Crippen LogP contribution is 2.21. The predicted octanol–water partition coefficient (Wildman–Crippen LogP) is 4.89. The van der Waals surface area contributed by atoms with E-state index in [9.17, 15) is 13.2 Å². The average molecular weight is 599 g/mol. The minimum atomic E-state index is -3.87. The monoisotopic (exact) mass is 598 g/mol. The van der Waals surface area contributed by atoms with Crippen molar-refractivity contribution in [1.82, 2.24) is 4.72 Å². The number of carbonyl (C=O) groups is 1. The van der Waals surface area contributed by atoms with Crippen molar-refractivity contribution in [3.8, 4) is 0 Å². The SMILES string of the molecule is Cc1cc(NC(=O)[C@H](Cc2ccccc2)NS(=O)(=O)c2ccc(I)cc2)ccc1Br. The van der Waals surface area contributed by atoms with E-state index in [0.29, 0.717) is 5.69 Å². The maximum Gasteiger partial charge on any atom is 0.242 e. The first-order valence-electron chi connectivity index (χ1n) is 9.13. The molecule has 1 atom stereocenters. The van der Waals surface area contributed by atoms with Crippen LogP contribution in [0.15, 0.2) is 82.2 Å². The number of rotatable bonds is 7. The molecule has 0 bridgehead atoms. The summed E-state index contributed by atoms with van der Waals surface area (Å²) < 4.78 is 30.2. The molecule has 0 saturated heterocycles. The van der Waals surface area contributed by atoms with Gasteiger partial charge < -0.3 is 5.32 Å². The van der Waals surface area contributed by atoms with Crippen molar-refractivity contribution in [1.29, 1.82) is 0 Å². The van der Waals surface area contributed by atoms with Gasteiger partial charge in [0.15, 0.2) is 0 Å². The van der Waals surface area contributed by atoms with Crippen LogP contribution < -0.4 is 10.0 Å². The molecule has 5 nitrogen and oxygen atoms in total. The fourth-order valence-electron chi connectivity index (χ4n) is 2.86. The fourth-order valence-corrected chi connectivity index (χ4v) is 4.66. The molecule has 0 aliphatic heterocycles. The van der Waals surface area contributed by atoms with Crippen LogP contribution >= 0.6 is 38.5 Å². The summed E-state index contributed by atoms with van der Waals surface area (Å²) >= 11 is 5.54. The van der Waals surface area contributed by atoms with E-state index >= 15 is 0 Å². The minimum absolute atomic E-state index is 0.119. The zero-order valence-electron chi connectivity index (χ0n) is 16.1. The number of nitrogens with one attached hydrogen (secondary N) is 2. The summed E-state index contributed by atoms with van der Waals surface area (Å²) in [4.78, 5) is 13.1. The molecule has 3 rings (SSSR count). The van der Waals surface area contributed by atoms with E-state index in [-0.39, 0.29) is 11.3 Å². The first-order chi connectivity index (χ1) is 14.2. The lowest BCUT2D eigenvalue weighted by molar-refractivity contribution is -0.117. The third kappa shape index (κ3) is 6.13. The summed E-state index contributed by atoms with van der Waals surface area (Å²) in [6.45, 7) is 1.92. The standard InChI is InChI=1S/C22H20BrIN2O3S/c1-15-13-18(9-12-20(15)23)25-22(27)21(14-16-5-3-2-4-6-16)26-30(28,29)19-10-7-17(24)8-11-19/h2-13,21,26H,14H2,1H3,(H,25,27)/t21-/m0/s1. The first-order valence-corrected chi connectivity index (χ1v) is 12.5. The molecule has 0 aliphatic carbocycles. The van der Waals surface area contributed by atoms with Gasteiger partial charge in [-0.25, -0.2) is 8.42 Å². The number of aryl methyl sites for hydroxylation is 1. The van der Waals surface area contributed by atoms with Crippen LogP contribution in [0.5, 0.6) is 0 Å². The lowest BCUT2D eigenvalue weighted by Gasteiger charge is -2.19. The molecule has 1 amide bonds. The molecule has 3 aromatic rings. The van der Waals surface area contributed by atoms with Crippen molar-refractivity contribution in [2.45, 2.75) is 24.3 Å². The van der Waals surface area contributed by atoms with Crippen molar-refractivity contribution >= 4 is 60.1 Å². The van der Waals surface area contributed by atoms with Gasteiger partial charge in [0.05, 0.1) is 4.90 Å². The highest BCUT2D eigenvalue weighted by Gasteiger charge is 2.26. The Bertz CT molecular complexity index is 1140. The Kier molecular flexibility index (Phi) is 7.67. The first kappa shape index (κ1) is 22.9. The van der Waals surface area contributed by atoms with Gasteiger partial charge in [-0.1, -0.05) is 46.3 Å². The molecular weight excluding hydrogens is 579 g/mol. The van der Waals surface area contributed by atoms with Gasteiger partial charge in [0.1, 0.15) is 6.04 Å². The van der Waals surface area contributed by atoms with Crippen LogP contribution in [0.3, 0.4) is 0 Å². The third-order valence-electron chi connectivity index (χ3n) is 4.45. The summed E-state index contributed by atoms with van der Waals surface area (Å²) in [6.07, 6.45) is 0.228. The molecule has 0 spiro atoms. The van der Waals surface area contributed by atoms with Crippen molar-refractivity contribution < 1.29 is 13.2 Å². The lowest BCUT2D eigenvalue weighted by atomic mass is 10.1. The van der Waals surface area contributed by atoms with E-state index in [2.05, 4.69) is 48.6 Å². The molecule has 30 heavy (non-hydrogen) atoms. The second-order valence-corrected chi connectivity index (χ2v) is 10.6. The molecule has 0 aromatic heterocycles. The van der Waals surface area contributed by atoms with Crippen LogP contribution in [0.25, 0.3) is 0 Å². The van der Waals surface area contributed by atoms with E-state index in [1.165, 1.54) is 12.1 Å². The summed E-state index contributed by atoms with van der Waals surface area (Å²) in [5, 5.41) is 2.83. The largest absolute Gasteiger partial charge is 0.325 e. The molecule has 8 heteroatoms. The van der Waals surface area contributed by atoms with Crippen LogP contribution in [-0.2, 0) is 21.2 Å². The predicted molar refractivity (Wildman–Crippen MR) is 131 cm³/mol. The fraction of sp³-hybridized carbons (Fsp3) is 0.136. The van der Waals surface area contributed by atoms with Crippen LogP contribution in [0.1, 0.15) is 11.1 Å². The van der Waals surface area contributed by atoms with Gasteiger partial charge >= 0.3 is 0 Å². The number of anilines is 1. The van der Waals surface area contributed by atoms with E-state index < -0.39 is 22.0 Å². The molecule has 0 radical (unpaired) electrons. The Morgan fingerprint density at radius 1 is 1.03 bits per heavy atom. The number of benzene rings is 3. The third-order valence-corrected chi connectivity index (χ3v) is 7.54. The maximum absolute atomic E-state index is 13.0. The average Bonchev–Trinajstić information content (AvgIpc) is 2.71. The summed E-state index contributed by atoms with van der Waals surface area (Å²) in [5.41, 5.74) is 2.43. The van der Waals surface area contributed by atoms with Gasteiger partial charge in [-0.15, -0.1) is 0 Å². The Hall–Kier alpha value is -1.75. The van der Waals surface area contributed by atoms with Crippen molar-refractivity contribution in [3.63, 3.8) is 0 Å². The van der Waals surface area contributed by atoms with Crippen molar-refractivity contribution in [2.24, 2.45) is 0 Å². The Morgan fingerprint density at radius 2 is 1.70 bits per heavy atom. The quantitative estimate of drug-likeness (QED) is 0.380. The topological polar surface area (TPSA) is 75.3 Å². The van der Waals surface area contributed by atoms with Gasteiger partial charge in [0.25, 0.3) is 0 Å². The molecule has 0 unspecified atom stereocenters. The molecular formula is C22H20BrIN2O3S. The molecule has 0 saturated carbocycles. The molecule has 3 aromatic carbocycles. The van der Waals surface area contributed by atoms with Gasteiger partial charge in [-0.3, -0.25) is 4.79 Å². The maximum atomic E-state index is 13.0. The van der Waals surface area contributed by atoms with Crippen LogP contribution in [0, 0.1) is 10.5 Å². The van der Waals surface area contributed by atoms with Crippen molar-refractivity contribution in [2.75, 3.05) is 5.32 Å². The molecule has 0 aliphatic rings. The van der Waals surface area contributed by atoms with Crippen LogP contribution in [0.4, 0.5) is 5.69 Å². The molecule has 2 N–H and O–H groups in total. The molecule has 156 valence electrons. The van der Waals surface area contributed by atoms with Gasteiger partial charge in [-0.2, -0.15) is 4.72 Å². The van der Waals surface area contributed by atoms with Gasteiger partial charge in [-0.05, 0) is 89.5 Å². The lowest BCUT2D eigenvalue weighted by Crippen LogP contribution is -2.45. The van der Waals surface area contributed by atoms with Crippen molar-refractivity contribution in [3.05, 3.63) is 92.0 Å². The second-order valence-electron chi connectivity index (χ2n) is 6.77. The number of hydrogen-bond donors (Lipinski definition) is 2. The van der Waals surface area contributed by atoms with Gasteiger partial charge in [0, 0.05) is 13.7 Å². The Labute approximate surface area is 198 Å².